The fraction of sp³-hybridized carbons (Fsp3) is 0.0400. The Balaban J connectivity index is 1.77. The molecule has 0 spiro atoms. The van der Waals surface area contributed by atoms with Crippen molar-refractivity contribution in [1.29, 1.82) is 0 Å². The fourth-order valence-corrected chi connectivity index (χ4v) is 4.31. The normalized spacial score (nSPS) is 14.7. The van der Waals surface area contributed by atoms with E-state index in [-0.39, 0.29) is 39.7 Å². The summed E-state index contributed by atoms with van der Waals surface area (Å²) in [7, 11) is 0. The molecule has 6 rings (SSSR count). The summed E-state index contributed by atoms with van der Waals surface area (Å²) in [5.41, 5.74) is -0.575. The number of phenols is 1. The third kappa shape index (κ3) is 2.48. The maximum atomic E-state index is 13.1. The molecule has 2 N–H and O–H groups in total. The largest absolute Gasteiger partial charge is 0.508 e. The van der Waals surface area contributed by atoms with E-state index in [1.165, 1.54) is 12.1 Å². The number of rotatable bonds is 1. The van der Waals surface area contributed by atoms with E-state index in [0.717, 1.165) is 0 Å². The lowest BCUT2D eigenvalue weighted by molar-refractivity contribution is 0.419. The van der Waals surface area contributed by atoms with E-state index in [4.69, 9.17) is 13.6 Å². The molecule has 3 heterocycles. The van der Waals surface area contributed by atoms with E-state index in [0.29, 0.717) is 21.9 Å². The molecule has 1 aliphatic heterocycles. The van der Waals surface area contributed by atoms with E-state index in [9.17, 15) is 19.8 Å². The van der Waals surface area contributed by atoms with Gasteiger partial charge >= 0.3 is 11.3 Å². The molecule has 0 saturated heterocycles. The first-order valence-electron chi connectivity index (χ1n) is 9.84. The Labute approximate surface area is 179 Å². The Hall–Kier alpha value is -4.52. The molecule has 7 heteroatoms. The van der Waals surface area contributed by atoms with E-state index in [1.807, 2.05) is 0 Å². The van der Waals surface area contributed by atoms with Gasteiger partial charge < -0.3 is 23.8 Å². The molecule has 3 aromatic carbocycles. The molecule has 0 amide bonds. The molecule has 1 aliphatic rings. The van der Waals surface area contributed by atoms with Gasteiger partial charge in [0, 0.05) is 11.6 Å². The Morgan fingerprint density at radius 2 is 1.34 bits per heavy atom. The van der Waals surface area contributed by atoms with Crippen LogP contribution in [0.25, 0.3) is 21.9 Å². The number of hydrogen-bond donors (Lipinski definition) is 2. The molecule has 0 radical (unpaired) electrons. The second kappa shape index (κ2) is 6.49. The van der Waals surface area contributed by atoms with Crippen molar-refractivity contribution in [1.82, 2.24) is 0 Å². The predicted molar refractivity (Wildman–Crippen MR) is 116 cm³/mol. The first kappa shape index (κ1) is 18.3. The highest BCUT2D eigenvalue weighted by Crippen LogP contribution is 2.50. The van der Waals surface area contributed by atoms with Gasteiger partial charge in [-0.1, -0.05) is 30.3 Å². The van der Waals surface area contributed by atoms with Crippen molar-refractivity contribution in [2.45, 2.75) is 5.92 Å². The molecule has 156 valence electrons. The maximum absolute atomic E-state index is 13.1. The standard InChI is InChI=1S/C25H14O7/c26-12-9-10-13-18(11-12)30-23-15-6-2-4-8-17(15)32-25(29)21(23)19(13)20-22(27)14-5-1-3-7-16(14)31-24(20)28/h1-11,19,26-27H/t19-/m1/s1. The first-order valence-corrected chi connectivity index (χ1v) is 9.84. The van der Waals surface area contributed by atoms with Crippen molar-refractivity contribution in [3.05, 3.63) is 104 Å². The van der Waals surface area contributed by atoms with Crippen LogP contribution in [0.1, 0.15) is 22.6 Å². The summed E-state index contributed by atoms with van der Waals surface area (Å²) in [5.74, 6) is -0.914. The number of benzene rings is 3. The van der Waals surface area contributed by atoms with Crippen molar-refractivity contribution in [3.63, 3.8) is 0 Å². The van der Waals surface area contributed by atoms with E-state index in [2.05, 4.69) is 0 Å². The van der Waals surface area contributed by atoms with Crippen LogP contribution in [0.15, 0.2) is 85.2 Å². The molecular formula is C25H14O7. The molecule has 0 aliphatic carbocycles. The topological polar surface area (TPSA) is 110 Å². The molecule has 2 aromatic heterocycles. The van der Waals surface area contributed by atoms with Crippen LogP contribution in [-0.2, 0) is 0 Å². The lowest BCUT2D eigenvalue weighted by atomic mass is 9.82. The molecule has 32 heavy (non-hydrogen) atoms. The first-order chi connectivity index (χ1) is 15.5. The molecule has 5 aromatic rings. The molecule has 0 saturated carbocycles. The van der Waals surface area contributed by atoms with E-state index < -0.39 is 17.2 Å². The van der Waals surface area contributed by atoms with Crippen molar-refractivity contribution < 1.29 is 23.8 Å². The van der Waals surface area contributed by atoms with Gasteiger partial charge in [0.15, 0.2) is 0 Å². The third-order valence-electron chi connectivity index (χ3n) is 5.72. The maximum Gasteiger partial charge on any atom is 0.344 e. The predicted octanol–water partition coefficient (Wildman–Crippen LogP) is 4.60. The lowest BCUT2D eigenvalue weighted by Gasteiger charge is -2.28. The summed E-state index contributed by atoms with van der Waals surface area (Å²) in [6.45, 7) is 0. The summed E-state index contributed by atoms with van der Waals surface area (Å²) in [6, 6.07) is 17.8. The van der Waals surface area contributed by atoms with Gasteiger partial charge in [-0.25, -0.2) is 9.59 Å². The molecular weight excluding hydrogens is 412 g/mol. The minimum absolute atomic E-state index is 0.0482. The zero-order valence-electron chi connectivity index (χ0n) is 16.4. The summed E-state index contributed by atoms with van der Waals surface area (Å²) in [5, 5.41) is 22.0. The monoisotopic (exact) mass is 426 g/mol. The van der Waals surface area contributed by atoms with Crippen molar-refractivity contribution in [3.8, 4) is 23.0 Å². The number of fused-ring (bicyclic) bond motifs is 5. The Morgan fingerprint density at radius 1 is 0.719 bits per heavy atom. The van der Waals surface area contributed by atoms with Crippen molar-refractivity contribution in [2.24, 2.45) is 0 Å². The van der Waals surface area contributed by atoms with Gasteiger partial charge in [-0.15, -0.1) is 0 Å². The molecule has 0 unspecified atom stereocenters. The van der Waals surface area contributed by atoms with Gasteiger partial charge in [0.2, 0.25) is 0 Å². The highest BCUT2D eigenvalue weighted by Gasteiger charge is 2.38. The van der Waals surface area contributed by atoms with Gasteiger partial charge in [-0.05, 0) is 30.3 Å². The van der Waals surface area contributed by atoms with Crippen LogP contribution in [-0.4, -0.2) is 10.2 Å². The Kier molecular flexibility index (Phi) is 3.70. The van der Waals surface area contributed by atoms with Crippen LogP contribution in [0.2, 0.25) is 0 Å². The van der Waals surface area contributed by atoms with Crippen LogP contribution in [0.4, 0.5) is 0 Å². The quantitative estimate of drug-likeness (QED) is 0.370. The van der Waals surface area contributed by atoms with E-state index in [1.54, 1.807) is 54.6 Å². The van der Waals surface area contributed by atoms with Gasteiger partial charge in [-0.2, -0.15) is 0 Å². The number of aromatic hydroxyl groups is 2. The molecule has 0 bridgehead atoms. The van der Waals surface area contributed by atoms with Crippen LogP contribution in [0.3, 0.4) is 0 Å². The van der Waals surface area contributed by atoms with Gasteiger partial charge in [0.25, 0.3) is 0 Å². The molecule has 0 fully saturated rings. The van der Waals surface area contributed by atoms with Crippen molar-refractivity contribution in [2.75, 3.05) is 0 Å². The van der Waals surface area contributed by atoms with Crippen LogP contribution in [0.5, 0.6) is 23.0 Å². The van der Waals surface area contributed by atoms with Crippen LogP contribution in [0, 0.1) is 0 Å². The average molecular weight is 426 g/mol. The summed E-state index contributed by atoms with van der Waals surface area (Å²) in [6.07, 6.45) is 0. The van der Waals surface area contributed by atoms with Crippen LogP contribution < -0.4 is 16.0 Å². The lowest BCUT2D eigenvalue weighted by Crippen LogP contribution is -2.24. The number of hydrogen-bond acceptors (Lipinski definition) is 7. The third-order valence-corrected chi connectivity index (χ3v) is 5.72. The van der Waals surface area contributed by atoms with Gasteiger partial charge in [-0.3, -0.25) is 0 Å². The Morgan fingerprint density at radius 3 is 2.09 bits per heavy atom. The smallest absolute Gasteiger partial charge is 0.344 e. The highest BCUT2D eigenvalue weighted by atomic mass is 16.5. The van der Waals surface area contributed by atoms with Gasteiger partial charge in [0.1, 0.15) is 34.2 Å². The van der Waals surface area contributed by atoms with Crippen LogP contribution >= 0.6 is 0 Å². The SMILES string of the molecule is O=c1oc2ccccc2c(O)c1[C@H]1c2ccc(O)cc2Oc2c1c(=O)oc1ccccc21. The summed E-state index contributed by atoms with van der Waals surface area (Å²) >= 11 is 0. The minimum Gasteiger partial charge on any atom is -0.508 e. The molecule has 7 nitrogen and oxygen atoms in total. The highest BCUT2D eigenvalue weighted by molar-refractivity contribution is 5.88. The summed E-state index contributed by atoms with van der Waals surface area (Å²) < 4.78 is 17.0. The second-order valence-electron chi connectivity index (χ2n) is 7.53. The zero-order chi connectivity index (χ0) is 22.0. The van der Waals surface area contributed by atoms with Gasteiger partial charge in [0.05, 0.1) is 27.8 Å². The number of phenolic OH excluding ortho intramolecular Hbond substituents is 1. The van der Waals surface area contributed by atoms with E-state index >= 15 is 0 Å². The molecule has 1 atom stereocenters. The number of para-hydroxylation sites is 2. The minimum atomic E-state index is -1.03. The van der Waals surface area contributed by atoms with Crippen molar-refractivity contribution >= 4 is 21.9 Å². The Bertz CT molecular complexity index is 1650. The summed E-state index contributed by atoms with van der Waals surface area (Å²) in [4.78, 5) is 26.2. The second-order valence-corrected chi connectivity index (χ2v) is 7.53. The zero-order valence-corrected chi connectivity index (χ0v) is 16.4. The average Bonchev–Trinajstić information content (AvgIpc) is 2.78. The number of ether oxygens (including phenoxy) is 1. The fourth-order valence-electron chi connectivity index (χ4n) is 4.31.